The number of aromatic nitrogens is 3. The van der Waals surface area contributed by atoms with Crippen molar-refractivity contribution in [3.8, 4) is 10.6 Å². The van der Waals surface area contributed by atoms with E-state index in [1.807, 2.05) is 19.1 Å². The Morgan fingerprint density at radius 2 is 2.17 bits per heavy atom. The number of amides is 3. The minimum atomic E-state index is -0.393. The van der Waals surface area contributed by atoms with Gasteiger partial charge in [0.1, 0.15) is 5.82 Å². The van der Waals surface area contributed by atoms with Gasteiger partial charge in [-0.3, -0.25) is 19.7 Å². The molecular weight excluding hydrogens is 468 g/mol. The van der Waals surface area contributed by atoms with Crippen LogP contribution >= 0.6 is 11.3 Å². The van der Waals surface area contributed by atoms with E-state index < -0.39 is 5.91 Å². The predicted molar refractivity (Wildman–Crippen MR) is 132 cm³/mol. The zero-order valence-corrected chi connectivity index (χ0v) is 20.1. The molecule has 3 aromatic heterocycles. The number of rotatable bonds is 10. The number of nitrogens with zero attached hydrogens (tertiary/aromatic N) is 3. The van der Waals surface area contributed by atoms with Crippen molar-refractivity contribution < 1.29 is 19.1 Å². The van der Waals surface area contributed by atoms with Crippen LogP contribution in [-0.4, -0.2) is 58.1 Å². The van der Waals surface area contributed by atoms with Crippen LogP contribution in [0.2, 0.25) is 0 Å². The molecule has 3 aromatic rings. The monoisotopic (exact) mass is 494 g/mol. The number of carbonyl (C=O) groups is 3. The van der Waals surface area contributed by atoms with E-state index in [1.54, 1.807) is 22.9 Å². The molecule has 0 radical (unpaired) electrons. The Morgan fingerprint density at radius 1 is 1.31 bits per heavy atom. The molecule has 0 aromatic carbocycles. The van der Waals surface area contributed by atoms with E-state index in [-0.39, 0.29) is 18.2 Å². The number of nitrogens with one attached hydrogen (secondary N) is 3. The summed E-state index contributed by atoms with van der Waals surface area (Å²) in [5, 5.41) is 13.1. The van der Waals surface area contributed by atoms with Gasteiger partial charge in [-0.25, -0.2) is 4.98 Å². The van der Waals surface area contributed by atoms with Crippen molar-refractivity contribution in [1.82, 2.24) is 25.2 Å². The molecule has 0 spiro atoms. The molecule has 1 saturated carbocycles. The lowest BCUT2D eigenvalue weighted by Crippen LogP contribution is -2.26. The minimum absolute atomic E-state index is 0.0376. The van der Waals surface area contributed by atoms with Crippen LogP contribution in [0.3, 0.4) is 0 Å². The summed E-state index contributed by atoms with van der Waals surface area (Å²) in [4.78, 5) is 42.4. The molecule has 2 fully saturated rings. The lowest BCUT2D eigenvalue weighted by atomic mass is 10.1. The Morgan fingerprint density at radius 3 is 2.91 bits per heavy atom. The number of thiophene rings is 1. The highest BCUT2D eigenvalue weighted by atomic mass is 32.1. The smallest absolute Gasteiger partial charge is 0.261 e. The van der Waals surface area contributed by atoms with Crippen LogP contribution in [0.1, 0.15) is 47.8 Å². The molecule has 5 rings (SSSR count). The summed E-state index contributed by atoms with van der Waals surface area (Å²) in [6.07, 6.45) is 6.46. The Bertz CT molecular complexity index is 1320. The zero-order chi connectivity index (χ0) is 24.4. The van der Waals surface area contributed by atoms with Crippen LogP contribution < -0.4 is 16.0 Å². The third-order valence-electron chi connectivity index (χ3n) is 5.62. The van der Waals surface area contributed by atoms with Gasteiger partial charge in [0, 0.05) is 36.4 Å². The average molecular weight is 495 g/mol. The molecule has 1 saturated heterocycles. The van der Waals surface area contributed by atoms with Gasteiger partial charge in [0.25, 0.3) is 11.8 Å². The molecule has 0 bridgehead atoms. The van der Waals surface area contributed by atoms with Gasteiger partial charge in [0.05, 0.1) is 34.7 Å². The van der Waals surface area contributed by atoms with Gasteiger partial charge >= 0.3 is 0 Å². The second-order valence-electron chi connectivity index (χ2n) is 8.54. The third kappa shape index (κ3) is 5.25. The van der Waals surface area contributed by atoms with Crippen LogP contribution in [0.5, 0.6) is 0 Å². The van der Waals surface area contributed by atoms with Crippen LogP contribution in [-0.2, 0) is 14.3 Å². The standard InChI is InChI=1S/C24H26N6O4S/c1-2-8-34-9-7-25-24(33)19-6-5-18(35-19)17-12-20(27-16-3-4-16)30-22(28-17)15(13-26-30)10-14-11-21(31)29-23(14)32/h5-6,10,12-13,16,27H,2-4,7-9,11H2,1H3,(H,25,33)(H,29,31,32)/b14-10+. The predicted octanol–water partition coefficient (Wildman–Crippen LogP) is 2.62. The fourth-order valence-corrected chi connectivity index (χ4v) is 4.61. The van der Waals surface area contributed by atoms with Crippen LogP contribution in [0.4, 0.5) is 5.82 Å². The van der Waals surface area contributed by atoms with Crippen molar-refractivity contribution in [2.24, 2.45) is 0 Å². The molecule has 182 valence electrons. The summed E-state index contributed by atoms with van der Waals surface area (Å²) in [7, 11) is 0. The van der Waals surface area contributed by atoms with E-state index in [1.165, 1.54) is 11.3 Å². The van der Waals surface area contributed by atoms with E-state index in [2.05, 4.69) is 21.0 Å². The Balaban J connectivity index is 1.43. The summed E-state index contributed by atoms with van der Waals surface area (Å²) >= 11 is 1.36. The highest BCUT2D eigenvalue weighted by molar-refractivity contribution is 7.17. The van der Waals surface area contributed by atoms with Crippen molar-refractivity contribution in [2.45, 2.75) is 38.6 Å². The van der Waals surface area contributed by atoms with Gasteiger partial charge in [-0.05, 0) is 37.5 Å². The van der Waals surface area contributed by atoms with Crippen molar-refractivity contribution in [3.63, 3.8) is 0 Å². The van der Waals surface area contributed by atoms with Crippen LogP contribution in [0.25, 0.3) is 22.3 Å². The first-order chi connectivity index (χ1) is 17.0. The van der Waals surface area contributed by atoms with Gasteiger partial charge in [0.15, 0.2) is 5.65 Å². The minimum Gasteiger partial charge on any atom is -0.380 e. The normalized spacial score (nSPS) is 16.8. The largest absolute Gasteiger partial charge is 0.380 e. The summed E-state index contributed by atoms with van der Waals surface area (Å²) in [6, 6.07) is 5.98. The van der Waals surface area contributed by atoms with Gasteiger partial charge in [0.2, 0.25) is 5.91 Å². The molecule has 3 N–H and O–H groups in total. The first-order valence-corrected chi connectivity index (χ1v) is 12.5. The summed E-state index contributed by atoms with van der Waals surface area (Å²) in [5.74, 6) is -0.0679. The number of anilines is 1. The Labute approximate surface area is 205 Å². The number of hydrogen-bond acceptors (Lipinski definition) is 8. The lowest BCUT2D eigenvalue weighted by molar-refractivity contribution is -0.124. The van der Waals surface area contributed by atoms with Crippen molar-refractivity contribution >= 4 is 46.6 Å². The van der Waals surface area contributed by atoms with E-state index in [0.29, 0.717) is 53.2 Å². The first kappa shape index (κ1) is 23.2. The molecule has 4 heterocycles. The SMILES string of the molecule is CCCOCCNC(=O)c1ccc(-c2cc(NC3CC3)n3ncc(/C=C4\CC(=O)NC4=O)c3n2)s1. The van der Waals surface area contributed by atoms with Gasteiger partial charge in [-0.15, -0.1) is 11.3 Å². The van der Waals surface area contributed by atoms with Crippen LogP contribution in [0.15, 0.2) is 30.0 Å². The Hall–Kier alpha value is -3.57. The maximum atomic E-state index is 12.5. The van der Waals surface area contributed by atoms with Gasteiger partial charge in [-0.2, -0.15) is 9.61 Å². The van der Waals surface area contributed by atoms with Gasteiger partial charge in [-0.1, -0.05) is 6.92 Å². The number of ether oxygens (including phenoxy) is 1. The number of carbonyl (C=O) groups excluding carboxylic acids is 3. The summed E-state index contributed by atoms with van der Waals surface area (Å²) in [6.45, 7) is 3.66. The first-order valence-electron chi connectivity index (χ1n) is 11.7. The third-order valence-corrected chi connectivity index (χ3v) is 6.72. The number of imide groups is 1. The maximum Gasteiger partial charge on any atom is 0.261 e. The fourth-order valence-electron chi connectivity index (χ4n) is 3.72. The summed E-state index contributed by atoms with van der Waals surface area (Å²) in [5.41, 5.74) is 2.29. The Kier molecular flexibility index (Phi) is 6.60. The molecular formula is C24H26N6O4S. The quantitative estimate of drug-likeness (QED) is 0.225. The molecule has 35 heavy (non-hydrogen) atoms. The summed E-state index contributed by atoms with van der Waals surface area (Å²) < 4.78 is 7.12. The van der Waals surface area contributed by atoms with E-state index in [9.17, 15) is 14.4 Å². The second kappa shape index (κ2) is 9.96. The molecule has 1 aliphatic heterocycles. The highest BCUT2D eigenvalue weighted by Crippen LogP contribution is 2.32. The van der Waals surface area contributed by atoms with E-state index in [4.69, 9.17) is 9.72 Å². The van der Waals surface area contributed by atoms with E-state index in [0.717, 1.165) is 30.0 Å². The van der Waals surface area contributed by atoms with Crippen molar-refractivity contribution in [2.75, 3.05) is 25.1 Å². The molecule has 10 nitrogen and oxygen atoms in total. The average Bonchev–Trinajstić information content (AvgIpc) is 3.22. The fraction of sp³-hybridized carbons (Fsp3) is 0.375. The molecule has 2 aliphatic rings. The van der Waals surface area contributed by atoms with Crippen LogP contribution in [0, 0.1) is 0 Å². The second-order valence-corrected chi connectivity index (χ2v) is 9.62. The molecule has 11 heteroatoms. The van der Waals surface area contributed by atoms with Crippen molar-refractivity contribution in [1.29, 1.82) is 0 Å². The highest BCUT2D eigenvalue weighted by Gasteiger charge is 2.26. The molecule has 3 amide bonds. The zero-order valence-electron chi connectivity index (χ0n) is 19.3. The molecule has 1 aliphatic carbocycles. The number of hydrogen-bond donors (Lipinski definition) is 3. The topological polar surface area (TPSA) is 127 Å². The lowest BCUT2D eigenvalue weighted by Gasteiger charge is -2.09. The maximum absolute atomic E-state index is 12.5. The number of fused-ring (bicyclic) bond motifs is 1. The molecule has 0 unspecified atom stereocenters. The van der Waals surface area contributed by atoms with Gasteiger partial charge < -0.3 is 15.4 Å². The van der Waals surface area contributed by atoms with Crippen molar-refractivity contribution in [3.05, 3.63) is 40.4 Å². The molecule has 0 atom stereocenters. The van der Waals surface area contributed by atoms with E-state index >= 15 is 0 Å².